The van der Waals surface area contributed by atoms with Gasteiger partial charge in [-0.25, -0.2) is 0 Å². The number of aliphatic hydroxyl groups is 1. The van der Waals surface area contributed by atoms with Crippen molar-refractivity contribution < 1.29 is 5.11 Å². The first kappa shape index (κ1) is 13.6. The first-order valence-corrected chi connectivity index (χ1v) is 7.21. The van der Waals surface area contributed by atoms with Gasteiger partial charge in [0.1, 0.15) is 0 Å². The van der Waals surface area contributed by atoms with E-state index in [1.807, 2.05) is 17.1 Å². The van der Waals surface area contributed by atoms with Crippen LogP contribution in [0.2, 0.25) is 0 Å². The van der Waals surface area contributed by atoms with Crippen LogP contribution in [0, 0.1) is 17.8 Å². The summed E-state index contributed by atoms with van der Waals surface area (Å²) in [6, 6.07) is 0.358. The van der Waals surface area contributed by atoms with Gasteiger partial charge in [-0.1, -0.05) is 20.3 Å². The first-order valence-electron chi connectivity index (χ1n) is 7.21. The Morgan fingerprint density at radius 1 is 1.28 bits per heavy atom. The van der Waals surface area contributed by atoms with Crippen LogP contribution in [0.3, 0.4) is 0 Å². The average molecular weight is 250 g/mol. The van der Waals surface area contributed by atoms with Gasteiger partial charge in [0.25, 0.3) is 0 Å². The molecule has 0 spiro atoms. The topological polar surface area (TPSA) is 38.1 Å². The van der Waals surface area contributed by atoms with Gasteiger partial charge in [0.05, 0.1) is 12.3 Å². The molecule has 1 fully saturated rings. The molecule has 4 unspecified atom stereocenters. The monoisotopic (exact) mass is 250 g/mol. The zero-order chi connectivity index (χ0) is 13.3. The number of rotatable bonds is 3. The van der Waals surface area contributed by atoms with Gasteiger partial charge in [-0.05, 0) is 44.4 Å². The highest BCUT2D eigenvalue weighted by molar-refractivity contribution is 5.10. The smallest absolute Gasteiger partial charge is 0.0848 e. The zero-order valence-electron chi connectivity index (χ0n) is 12.0. The third kappa shape index (κ3) is 2.77. The highest BCUT2D eigenvalue weighted by Crippen LogP contribution is 2.39. The van der Waals surface area contributed by atoms with Crippen LogP contribution in [0.25, 0.3) is 0 Å². The molecule has 1 aromatic rings. The molecule has 1 N–H and O–H groups in total. The second-order valence-corrected chi connectivity index (χ2v) is 6.32. The molecule has 0 aliphatic heterocycles. The lowest BCUT2D eigenvalue weighted by Gasteiger charge is -2.34. The maximum absolute atomic E-state index is 10.5. The van der Waals surface area contributed by atoms with Crippen LogP contribution in [0.5, 0.6) is 0 Å². The summed E-state index contributed by atoms with van der Waals surface area (Å²) in [5, 5.41) is 14.8. The Bertz CT molecular complexity index is 386. The van der Waals surface area contributed by atoms with Crippen molar-refractivity contribution in [3.05, 3.63) is 18.0 Å². The number of nitrogens with zero attached hydrogens (tertiary/aromatic N) is 2. The van der Waals surface area contributed by atoms with Gasteiger partial charge < -0.3 is 5.11 Å². The minimum Gasteiger partial charge on any atom is -0.388 e. The summed E-state index contributed by atoms with van der Waals surface area (Å²) < 4.78 is 1.92. The van der Waals surface area contributed by atoms with Crippen molar-refractivity contribution in [1.82, 2.24) is 9.78 Å². The van der Waals surface area contributed by atoms with Gasteiger partial charge in [0.15, 0.2) is 0 Å². The molecule has 102 valence electrons. The highest BCUT2D eigenvalue weighted by Gasteiger charge is 2.30. The van der Waals surface area contributed by atoms with E-state index < -0.39 is 0 Å². The molecule has 0 aromatic carbocycles. The van der Waals surface area contributed by atoms with Crippen LogP contribution in [-0.2, 0) is 0 Å². The average Bonchev–Trinajstić information content (AvgIpc) is 2.81. The number of hydrogen-bond acceptors (Lipinski definition) is 2. The summed E-state index contributed by atoms with van der Waals surface area (Å²) in [4.78, 5) is 0. The molecule has 4 atom stereocenters. The van der Waals surface area contributed by atoms with Gasteiger partial charge >= 0.3 is 0 Å². The van der Waals surface area contributed by atoms with Crippen molar-refractivity contribution in [3.63, 3.8) is 0 Å². The lowest BCUT2D eigenvalue weighted by atomic mass is 9.73. The van der Waals surface area contributed by atoms with E-state index in [0.29, 0.717) is 12.0 Å². The van der Waals surface area contributed by atoms with Crippen LogP contribution in [0.1, 0.15) is 64.7 Å². The third-order valence-electron chi connectivity index (χ3n) is 4.58. The summed E-state index contributed by atoms with van der Waals surface area (Å²) in [7, 11) is 0. The standard InChI is InChI=1S/C15H26N2O/c1-10(2)17-9-14(8-16-17)15(18)13-6-5-11(3)12(4)7-13/h8-13,15,18H,5-7H2,1-4H3. The Morgan fingerprint density at radius 3 is 2.56 bits per heavy atom. The normalized spacial score (nSPS) is 30.7. The van der Waals surface area contributed by atoms with Crippen LogP contribution in [0.4, 0.5) is 0 Å². The van der Waals surface area contributed by atoms with Gasteiger partial charge in [-0.3, -0.25) is 4.68 Å². The van der Waals surface area contributed by atoms with Crippen LogP contribution in [0.15, 0.2) is 12.4 Å². The van der Waals surface area contributed by atoms with Gasteiger partial charge in [0.2, 0.25) is 0 Å². The summed E-state index contributed by atoms with van der Waals surface area (Å²) in [5.41, 5.74) is 0.982. The molecule has 2 rings (SSSR count). The van der Waals surface area contributed by atoms with Crippen molar-refractivity contribution in [1.29, 1.82) is 0 Å². The van der Waals surface area contributed by atoms with E-state index in [4.69, 9.17) is 0 Å². The molecule has 18 heavy (non-hydrogen) atoms. The fourth-order valence-electron chi connectivity index (χ4n) is 2.94. The molecule has 0 bridgehead atoms. The Hall–Kier alpha value is -0.830. The van der Waals surface area contributed by atoms with E-state index in [1.54, 1.807) is 0 Å². The molecular formula is C15H26N2O. The van der Waals surface area contributed by atoms with E-state index >= 15 is 0 Å². The second kappa shape index (κ2) is 5.43. The largest absolute Gasteiger partial charge is 0.388 e. The maximum Gasteiger partial charge on any atom is 0.0848 e. The fraction of sp³-hybridized carbons (Fsp3) is 0.800. The molecule has 1 heterocycles. The summed E-state index contributed by atoms with van der Waals surface area (Å²) in [6.45, 7) is 8.84. The lowest BCUT2D eigenvalue weighted by molar-refractivity contribution is 0.0560. The zero-order valence-corrected chi connectivity index (χ0v) is 12.0. The van der Waals surface area contributed by atoms with Crippen LogP contribution >= 0.6 is 0 Å². The SMILES string of the molecule is CC1CCC(C(O)c2cnn(C(C)C)c2)CC1C. The molecule has 1 aliphatic rings. The van der Waals surface area contributed by atoms with Crippen molar-refractivity contribution in [2.24, 2.45) is 17.8 Å². The van der Waals surface area contributed by atoms with Crippen LogP contribution < -0.4 is 0 Å². The number of aromatic nitrogens is 2. The molecule has 3 nitrogen and oxygen atoms in total. The van der Waals surface area contributed by atoms with E-state index in [0.717, 1.165) is 30.2 Å². The summed E-state index contributed by atoms with van der Waals surface area (Å²) >= 11 is 0. The highest BCUT2D eigenvalue weighted by atomic mass is 16.3. The van der Waals surface area contributed by atoms with E-state index in [2.05, 4.69) is 32.8 Å². The molecule has 3 heteroatoms. The number of hydrogen-bond donors (Lipinski definition) is 1. The first-order chi connectivity index (χ1) is 8.49. The minimum absolute atomic E-state index is 0.340. The molecule has 1 aromatic heterocycles. The Morgan fingerprint density at radius 2 is 2.00 bits per heavy atom. The van der Waals surface area contributed by atoms with Gasteiger partial charge in [-0.15, -0.1) is 0 Å². The van der Waals surface area contributed by atoms with Crippen molar-refractivity contribution in [2.45, 2.75) is 59.1 Å². The van der Waals surface area contributed by atoms with E-state index in [9.17, 15) is 5.11 Å². The Balaban J connectivity index is 2.04. The van der Waals surface area contributed by atoms with Gasteiger partial charge in [-0.2, -0.15) is 5.10 Å². The Labute approximate surface area is 110 Å². The number of aliphatic hydroxyl groups excluding tert-OH is 1. The molecule has 1 aliphatic carbocycles. The maximum atomic E-state index is 10.5. The predicted molar refractivity (Wildman–Crippen MR) is 73.2 cm³/mol. The van der Waals surface area contributed by atoms with Crippen molar-refractivity contribution in [3.8, 4) is 0 Å². The van der Waals surface area contributed by atoms with Crippen molar-refractivity contribution in [2.75, 3.05) is 0 Å². The predicted octanol–water partition coefficient (Wildman–Crippen LogP) is 3.57. The molecule has 0 amide bonds. The van der Waals surface area contributed by atoms with E-state index in [-0.39, 0.29) is 6.10 Å². The fourth-order valence-corrected chi connectivity index (χ4v) is 2.94. The van der Waals surface area contributed by atoms with E-state index in [1.165, 1.54) is 6.42 Å². The van der Waals surface area contributed by atoms with Gasteiger partial charge in [0, 0.05) is 17.8 Å². The lowest BCUT2D eigenvalue weighted by Crippen LogP contribution is -2.25. The molecular weight excluding hydrogens is 224 g/mol. The third-order valence-corrected chi connectivity index (χ3v) is 4.58. The Kier molecular flexibility index (Phi) is 4.10. The minimum atomic E-state index is -0.340. The summed E-state index contributed by atoms with van der Waals surface area (Å²) in [6.07, 6.45) is 6.99. The van der Waals surface area contributed by atoms with Crippen LogP contribution in [-0.4, -0.2) is 14.9 Å². The molecule has 1 saturated carbocycles. The second-order valence-electron chi connectivity index (χ2n) is 6.32. The van der Waals surface area contributed by atoms with Crippen molar-refractivity contribution >= 4 is 0 Å². The quantitative estimate of drug-likeness (QED) is 0.890. The molecule has 0 radical (unpaired) electrons. The summed E-state index contributed by atoms with van der Waals surface area (Å²) in [5.74, 6) is 1.92. The molecule has 0 saturated heterocycles.